The third-order valence-corrected chi connectivity index (χ3v) is 3.56. The average molecular weight is 325 g/mol. The van der Waals surface area contributed by atoms with Crippen LogP contribution in [-0.2, 0) is 6.42 Å². The van der Waals surface area contributed by atoms with Crippen LogP contribution in [0.4, 0.5) is 10.5 Å². The molecule has 2 aromatic carbocycles. The first-order valence-corrected chi connectivity index (χ1v) is 7.74. The molecular weight excluding hydrogens is 306 g/mol. The second-order valence-electron chi connectivity index (χ2n) is 5.59. The van der Waals surface area contributed by atoms with Crippen molar-refractivity contribution in [2.45, 2.75) is 19.4 Å². The Morgan fingerprint density at radius 1 is 1.25 bits per heavy atom. The van der Waals surface area contributed by atoms with Crippen LogP contribution < -0.4 is 10.6 Å². The molecule has 0 saturated heterocycles. The normalized spacial score (nSPS) is 12.1. The second-order valence-corrected chi connectivity index (χ2v) is 5.59. The van der Waals surface area contributed by atoms with Gasteiger partial charge in [0.1, 0.15) is 5.52 Å². The largest absolute Gasteiger partial charge is 0.441 e. The molecule has 1 heterocycles. The molecule has 0 aliphatic heterocycles. The van der Waals surface area contributed by atoms with Gasteiger partial charge in [-0.3, -0.25) is 0 Å². The van der Waals surface area contributed by atoms with Crippen LogP contribution in [0, 0.1) is 6.92 Å². The predicted octanol–water partition coefficient (Wildman–Crippen LogP) is 2.86. The summed E-state index contributed by atoms with van der Waals surface area (Å²) in [4.78, 5) is 16.2. The lowest BCUT2D eigenvalue weighted by Crippen LogP contribution is -2.36. The molecule has 1 atom stereocenters. The summed E-state index contributed by atoms with van der Waals surface area (Å²) in [6.07, 6.45) is -0.149. The summed E-state index contributed by atoms with van der Waals surface area (Å²) < 4.78 is 5.39. The monoisotopic (exact) mass is 325 g/mol. The molecule has 1 unspecified atom stereocenters. The average Bonchev–Trinajstić information content (AvgIpc) is 2.93. The highest BCUT2D eigenvalue weighted by Gasteiger charge is 2.09. The van der Waals surface area contributed by atoms with Crippen molar-refractivity contribution < 1.29 is 14.3 Å². The summed E-state index contributed by atoms with van der Waals surface area (Å²) in [7, 11) is 0. The van der Waals surface area contributed by atoms with E-state index in [2.05, 4.69) is 15.6 Å². The number of fused-ring (bicyclic) bond motifs is 1. The molecule has 124 valence electrons. The van der Waals surface area contributed by atoms with Gasteiger partial charge in [-0.15, -0.1) is 0 Å². The van der Waals surface area contributed by atoms with Crippen molar-refractivity contribution in [1.29, 1.82) is 0 Å². The maximum atomic E-state index is 11.9. The van der Waals surface area contributed by atoms with Crippen molar-refractivity contribution in [3.8, 4) is 0 Å². The van der Waals surface area contributed by atoms with Crippen molar-refractivity contribution in [3.05, 3.63) is 60.0 Å². The molecule has 2 amide bonds. The number of aliphatic hydroxyl groups excluding tert-OH is 1. The van der Waals surface area contributed by atoms with E-state index in [9.17, 15) is 9.90 Å². The number of urea groups is 1. The maximum absolute atomic E-state index is 11.9. The smallest absolute Gasteiger partial charge is 0.319 e. The van der Waals surface area contributed by atoms with Crippen LogP contribution in [0.25, 0.3) is 11.1 Å². The fourth-order valence-electron chi connectivity index (χ4n) is 2.46. The third kappa shape index (κ3) is 4.11. The number of aromatic nitrogens is 1. The lowest BCUT2D eigenvalue weighted by atomic mass is 10.1. The van der Waals surface area contributed by atoms with E-state index >= 15 is 0 Å². The van der Waals surface area contributed by atoms with E-state index in [1.807, 2.05) is 30.3 Å². The molecule has 3 rings (SSSR count). The molecular formula is C18H19N3O3. The lowest BCUT2D eigenvalue weighted by molar-refractivity contribution is 0.172. The minimum Gasteiger partial charge on any atom is -0.441 e. The number of oxazole rings is 1. The molecule has 6 heteroatoms. The maximum Gasteiger partial charge on any atom is 0.319 e. The third-order valence-electron chi connectivity index (χ3n) is 3.56. The molecule has 24 heavy (non-hydrogen) atoms. The number of nitrogens with one attached hydrogen (secondary N) is 2. The molecule has 0 aliphatic carbocycles. The number of hydrogen-bond donors (Lipinski definition) is 3. The number of aliphatic hydroxyl groups is 1. The van der Waals surface area contributed by atoms with Crippen molar-refractivity contribution in [3.63, 3.8) is 0 Å². The number of rotatable bonds is 5. The Labute approximate surface area is 139 Å². The molecule has 3 aromatic rings. The van der Waals surface area contributed by atoms with E-state index < -0.39 is 6.10 Å². The zero-order chi connectivity index (χ0) is 16.9. The minimum absolute atomic E-state index is 0.173. The van der Waals surface area contributed by atoms with E-state index in [0.717, 1.165) is 5.56 Å². The highest BCUT2D eigenvalue weighted by atomic mass is 16.3. The molecule has 6 nitrogen and oxygen atoms in total. The Morgan fingerprint density at radius 2 is 2.04 bits per heavy atom. The molecule has 0 radical (unpaired) electrons. The van der Waals surface area contributed by atoms with Gasteiger partial charge in [-0.1, -0.05) is 30.3 Å². The number of benzene rings is 2. The van der Waals surface area contributed by atoms with E-state index in [1.54, 1.807) is 25.1 Å². The van der Waals surface area contributed by atoms with Crippen LogP contribution in [0.5, 0.6) is 0 Å². The highest BCUT2D eigenvalue weighted by Crippen LogP contribution is 2.19. The summed E-state index contributed by atoms with van der Waals surface area (Å²) in [5.41, 5.74) is 3.01. The van der Waals surface area contributed by atoms with E-state index in [0.29, 0.717) is 29.1 Å². The fourth-order valence-corrected chi connectivity index (χ4v) is 2.46. The first kappa shape index (κ1) is 16.0. The summed E-state index contributed by atoms with van der Waals surface area (Å²) in [6, 6.07) is 14.5. The zero-order valence-corrected chi connectivity index (χ0v) is 13.3. The molecule has 1 aromatic heterocycles. The molecule has 3 N–H and O–H groups in total. The first-order valence-electron chi connectivity index (χ1n) is 7.74. The molecule has 0 bridgehead atoms. The van der Waals surface area contributed by atoms with Gasteiger partial charge in [0.15, 0.2) is 11.5 Å². The van der Waals surface area contributed by atoms with Crippen LogP contribution in [0.1, 0.15) is 11.5 Å². The number of carbonyl (C=O) groups is 1. The molecule has 0 spiro atoms. The number of nitrogens with zero attached hydrogens (tertiary/aromatic N) is 1. The zero-order valence-electron chi connectivity index (χ0n) is 13.3. The van der Waals surface area contributed by atoms with Crippen LogP contribution >= 0.6 is 0 Å². The standard InChI is InChI=1S/C18H19N3O3/c1-12-20-16-10-14(7-8-17(16)24-12)21-18(23)19-11-15(22)9-13-5-3-2-4-6-13/h2-8,10,15,22H,9,11H2,1H3,(H2,19,21,23). The van der Waals surface area contributed by atoms with E-state index in [4.69, 9.17) is 4.42 Å². The predicted molar refractivity (Wildman–Crippen MR) is 91.9 cm³/mol. The van der Waals surface area contributed by atoms with Crippen LogP contribution in [-0.4, -0.2) is 28.8 Å². The van der Waals surface area contributed by atoms with Gasteiger partial charge in [-0.2, -0.15) is 0 Å². The molecule has 0 saturated carbocycles. The van der Waals surface area contributed by atoms with E-state index in [-0.39, 0.29) is 12.6 Å². The van der Waals surface area contributed by atoms with Gasteiger partial charge in [0.2, 0.25) is 0 Å². The quantitative estimate of drug-likeness (QED) is 0.673. The minimum atomic E-state index is -0.640. The van der Waals surface area contributed by atoms with Gasteiger partial charge >= 0.3 is 6.03 Å². The number of aryl methyl sites for hydroxylation is 1. The summed E-state index contributed by atoms with van der Waals surface area (Å²) >= 11 is 0. The summed E-state index contributed by atoms with van der Waals surface area (Å²) in [5.74, 6) is 0.579. The summed E-state index contributed by atoms with van der Waals surface area (Å²) in [6.45, 7) is 1.94. The number of anilines is 1. The lowest BCUT2D eigenvalue weighted by Gasteiger charge is -2.12. The SMILES string of the molecule is Cc1nc2cc(NC(=O)NCC(O)Cc3ccccc3)ccc2o1. The first-order chi connectivity index (χ1) is 11.6. The van der Waals surface area contributed by atoms with Crippen molar-refractivity contribution >= 4 is 22.8 Å². The van der Waals surface area contributed by atoms with Gasteiger partial charge in [0.05, 0.1) is 6.10 Å². The number of hydrogen-bond acceptors (Lipinski definition) is 4. The number of amides is 2. The fraction of sp³-hybridized carbons (Fsp3) is 0.222. The van der Waals surface area contributed by atoms with Gasteiger partial charge in [0.25, 0.3) is 0 Å². The molecule has 0 aliphatic rings. The van der Waals surface area contributed by atoms with Gasteiger partial charge in [-0.05, 0) is 23.8 Å². The van der Waals surface area contributed by atoms with Gasteiger partial charge in [-0.25, -0.2) is 9.78 Å². The van der Waals surface area contributed by atoms with Crippen LogP contribution in [0.15, 0.2) is 52.9 Å². The Morgan fingerprint density at radius 3 is 2.83 bits per heavy atom. The van der Waals surface area contributed by atoms with Crippen molar-refractivity contribution in [1.82, 2.24) is 10.3 Å². The van der Waals surface area contributed by atoms with Crippen LogP contribution in [0.3, 0.4) is 0 Å². The Balaban J connectivity index is 1.51. The van der Waals surface area contributed by atoms with Crippen molar-refractivity contribution in [2.24, 2.45) is 0 Å². The van der Waals surface area contributed by atoms with E-state index in [1.165, 1.54) is 0 Å². The van der Waals surface area contributed by atoms with Crippen LogP contribution in [0.2, 0.25) is 0 Å². The van der Waals surface area contributed by atoms with Gasteiger partial charge < -0.3 is 20.2 Å². The van der Waals surface area contributed by atoms with Crippen molar-refractivity contribution in [2.75, 3.05) is 11.9 Å². The Kier molecular flexibility index (Phi) is 4.77. The highest BCUT2D eigenvalue weighted by molar-refractivity contribution is 5.91. The summed E-state index contributed by atoms with van der Waals surface area (Å²) in [5, 5.41) is 15.4. The number of carbonyl (C=O) groups excluding carboxylic acids is 1. The molecule has 0 fully saturated rings. The second kappa shape index (κ2) is 7.14. The Hall–Kier alpha value is -2.86. The van der Waals surface area contributed by atoms with Gasteiger partial charge in [0, 0.05) is 25.6 Å². The Bertz CT molecular complexity index is 830. The topological polar surface area (TPSA) is 87.4 Å².